The summed E-state index contributed by atoms with van der Waals surface area (Å²) in [7, 11) is 0. The van der Waals surface area contributed by atoms with Crippen LogP contribution >= 0.6 is 0 Å². The third-order valence-corrected chi connectivity index (χ3v) is 3.64. The van der Waals surface area contributed by atoms with Crippen molar-refractivity contribution in [3.8, 4) is 5.75 Å². The van der Waals surface area contributed by atoms with Gasteiger partial charge in [-0.1, -0.05) is 12.1 Å². The Morgan fingerprint density at radius 1 is 1.09 bits per heavy atom. The summed E-state index contributed by atoms with van der Waals surface area (Å²) in [5.74, 6) is -0.107. The summed E-state index contributed by atoms with van der Waals surface area (Å²) in [6.45, 7) is 0.541. The fraction of sp³-hybridized carbons (Fsp3) is 0.400. The van der Waals surface area contributed by atoms with Crippen LogP contribution in [0.4, 0.5) is 0 Å². The maximum Gasteiger partial charge on any atom is 0.338 e. The molecule has 0 spiro atoms. The number of nitrogens with one attached hydrogen (secondary N) is 3. The first kappa shape index (κ1) is 16.6. The van der Waals surface area contributed by atoms with E-state index in [0.717, 1.165) is 5.56 Å². The van der Waals surface area contributed by atoms with Gasteiger partial charge in [0.05, 0.1) is 6.54 Å². The van der Waals surface area contributed by atoms with Gasteiger partial charge in [0.15, 0.2) is 0 Å². The van der Waals surface area contributed by atoms with E-state index in [0.29, 0.717) is 25.8 Å². The van der Waals surface area contributed by atoms with E-state index in [1.54, 1.807) is 24.3 Å². The molecule has 1 aromatic carbocycles. The lowest BCUT2D eigenvalue weighted by atomic mass is 10.00. The van der Waals surface area contributed by atoms with E-state index in [1.807, 2.05) is 0 Å². The van der Waals surface area contributed by atoms with Gasteiger partial charge in [-0.3, -0.25) is 26.0 Å². The van der Waals surface area contributed by atoms with Gasteiger partial charge < -0.3 is 15.7 Å². The molecule has 1 aliphatic rings. The van der Waals surface area contributed by atoms with Gasteiger partial charge in [-0.25, -0.2) is 0 Å². The zero-order valence-corrected chi connectivity index (χ0v) is 12.7. The first-order valence-corrected chi connectivity index (χ1v) is 7.46. The van der Waals surface area contributed by atoms with Gasteiger partial charge in [-0.2, -0.15) is 0 Å². The molecule has 0 aliphatic carbocycles. The SMILES string of the molecule is NC(N)=[NH+]CCC[C@@H]1NC(=O)C(Cc2ccc(O)cc2)NC1=O. The lowest BCUT2D eigenvalue weighted by Gasteiger charge is -2.29. The molecule has 2 amide bonds. The second kappa shape index (κ2) is 7.48. The third-order valence-electron chi connectivity index (χ3n) is 3.64. The van der Waals surface area contributed by atoms with E-state index in [9.17, 15) is 14.7 Å². The maximum absolute atomic E-state index is 12.1. The minimum atomic E-state index is -0.602. The van der Waals surface area contributed by atoms with Crippen LogP contribution < -0.4 is 27.1 Å². The predicted molar refractivity (Wildman–Crippen MR) is 84.1 cm³/mol. The number of piperazine rings is 1. The molecule has 124 valence electrons. The highest BCUT2D eigenvalue weighted by Crippen LogP contribution is 2.13. The van der Waals surface area contributed by atoms with Crippen LogP contribution in [0.5, 0.6) is 5.75 Å². The van der Waals surface area contributed by atoms with Crippen LogP contribution in [0.3, 0.4) is 0 Å². The minimum Gasteiger partial charge on any atom is -0.508 e. The number of amides is 2. The molecule has 8 nitrogen and oxygen atoms in total. The smallest absolute Gasteiger partial charge is 0.338 e. The largest absolute Gasteiger partial charge is 0.508 e. The van der Waals surface area contributed by atoms with Crippen molar-refractivity contribution in [2.75, 3.05) is 6.54 Å². The number of nitrogens with two attached hydrogens (primary N) is 2. The average Bonchev–Trinajstić information content (AvgIpc) is 2.50. The number of hydrogen-bond donors (Lipinski definition) is 6. The topological polar surface area (TPSA) is 144 Å². The molecular formula is C15H22N5O3+. The summed E-state index contributed by atoms with van der Waals surface area (Å²) in [5, 5.41) is 14.7. The number of carbonyl (C=O) groups is 2. The lowest BCUT2D eigenvalue weighted by molar-refractivity contribution is -0.459. The van der Waals surface area contributed by atoms with E-state index in [4.69, 9.17) is 11.5 Å². The van der Waals surface area contributed by atoms with Crippen molar-refractivity contribution >= 4 is 17.8 Å². The Balaban J connectivity index is 1.86. The van der Waals surface area contributed by atoms with Crippen molar-refractivity contribution in [2.24, 2.45) is 11.5 Å². The van der Waals surface area contributed by atoms with Gasteiger partial charge in [-0.15, -0.1) is 0 Å². The highest BCUT2D eigenvalue weighted by molar-refractivity contribution is 5.97. The molecule has 2 atom stereocenters. The Morgan fingerprint density at radius 2 is 1.70 bits per heavy atom. The summed E-state index contributed by atoms with van der Waals surface area (Å²) in [4.78, 5) is 27.0. The molecule has 0 bridgehead atoms. The molecule has 8 heteroatoms. The second-order valence-corrected chi connectivity index (χ2v) is 5.52. The van der Waals surface area contributed by atoms with Crippen molar-refractivity contribution in [1.82, 2.24) is 10.6 Å². The van der Waals surface area contributed by atoms with Gasteiger partial charge in [0.25, 0.3) is 0 Å². The highest BCUT2D eigenvalue weighted by Gasteiger charge is 2.33. The Morgan fingerprint density at radius 3 is 2.35 bits per heavy atom. The number of rotatable bonds is 6. The Kier molecular flexibility index (Phi) is 5.40. The third kappa shape index (κ3) is 4.87. The fourth-order valence-corrected chi connectivity index (χ4v) is 2.43. The molecule has 0 radical (unpaired) electrons. The zero-order valence-electron chi connectivity index (χ0n) is 12.7. The number of carbonyl (C=O) groups excluding carboxylic acids is 2. The summed E-state index contributed by atoms with van der Waals surface area (Å²) in [5.41, 5.74) is 11.4. The standard InChI is InChI=1S/C15H21N5O3/c16-15(17)18-7-1-2-11-13(22)20-12(14(23)19-11)8-9-3-5-10(21)6-4-9/h3-6,11-12,21H,1-2,7-8H2,(H,19,23)(H,20,22)(H4,16,17,18)/p+1/t11-,12?/m0/s1. The van der Waals surface area contributed by atoms with E-state index in [-0.39, 0.29) is 23.5 Å². The normalized spacial score (nSPS) is 20.5. The molecule has 1 fully saturated rings. The molecule has 1 unspecified atom stereocenters. The summed E-state index contributed by atoms with van der Waals surface area (Å²) in [6.07, 6.45) is 1.54. The predicted octanol–water partition coefficient (Wildman–Crippen LogP) is -2.95. The van der Waals surface area contributed by atoms with Crippen LogP contribution in [-0.4, -0.2) is 41.5 Å². The van der Waals surface area contributed by atoms with E-state index in [1.165, 1.54) is 0 Å². The van der Waals surface area contributed by atoms with E-state index < -0.39 is 12.1 Å². The maximum atomic E-state index is 12.1. The molecule has 1 saturated heterocycles. The molecule has 1 heterocycles. The van der Waals surface area contributed by atoms with Gasteiger partial charge >= 0.3 is 5.96 Å². The Labute approximate surface area is 134 Å². The second-order valence-electron chi connectivity index (χ2n) is 5.52. The number of benzene rings is 1. The van der Waals surface area contributed by atoms with Gasteiger partial charge in [0, 0.05) is 6.42 Å². The van der Waals surface area contributed by atoms with Crippen molar-refractivity contribution in [2.45, 2.75) is 31.3 Å². The van der Waals surface area contributed by atoms with Crippen LogP contribution in [0.2, 0.25) is 0 Å². The van der Waals surface area contributed by atoms with Gasteiger partial charge in [0.2, 0.25) is 11.8 Å². The number of aromatic hydroxyl groups is 1. The van der Waals surface area contributed by atoms with Crippen LogP contribution in [0, 0.1) is 0 Å². The summed E-state index contributed by atoms with van der Waals surface area (Å²) in [6, 6.07) is 5.40. The average molecular weight is 320 g/mol. The summed E-state index contributed by atoms with van der Waals surface area (Å²) >= 11 is 0. The molecule has 2 rings (SSSR count). The first-order valence-electron chi connectivity index (χ1n) is 7.46. The fourth-order valence-electron chi connectivity index (χ4n) is 2.43. The Bertz CT molecular complexity index is 596. The lowest BCUT2D eigenvalue weighted by Crippen LogP contribution is -2.78. The van der Waals surface area contributed by atoms with Crippen LogP contribution in [0.25, 0.3) is 0 Å². The van der Waals surface area contributed by atoms with Crippen molar-refractivity contribution in [3.63, 3.8) is 0 Å². The van der Waals surface area contributed by atoms with Crippen LogP contribution in [0.15, 0.2) is 24.3 Å². The van der Waals surface area contributed by atoms with Gasteiger partial charge in [-0.05, 0) is 30.5 Å². The van der Waals surface area contributed by atoms with Gasteiger partial charge in [0.1, 0.15) is 17.8 Å². The van der Waals surface area contributed by atoms with Crippen LogP contribution in [-0.2, 0) is 16.0 Å². The Hall–Kier alpha value is -2.77. The highest BCUT2D eigenvalue weighted by atomic mass is 16.3. The summed E-state index contributed by atoms with van der Waals surface area (Å²) < 4.78 is 0. The molecule has 0 aromatic heterocycles. The number of hydrogen-bond acceptors (Lipinski definition) is 3. The minimum absolute atomic E-state index is 0.135. The first-order chi connectivity index (χ1) is 11.0. The monoisotopic (exact) mass is 320 g/mol. The number of phenolic OH excluding ortho intramolecular Hbond substituents is 1. The van der Waals surface area contributed by atoms with Crippen LogP contribution in [0.1, 0.15) is 18.4 Å². The van der Waals surface area contributed by atoms with Crippen molar-refractivity contribution in [1.29, 1.82) is 0 Å². The molecule has 1 aromatic rings. The van der Waals surface area contributed by atoms with Crippen molar-refractivity contribution < 1.29 is 19.7 Å². The quantitative estimate of drug-likeness (QED) is 0.189. The zero-order chi connectivity index (χ0) is 16.8. The van der Waals surface area contributed by atoms with E-state index >= 15 is 0 Å². The van der Waals surface area contributed by atoms with Crippen molar-refractivity contribution in [3.05, 3.63) is 29.8 Å². The number of phenols is 1. The van der Waals surface area contributed by atoms with E-state index in [2.05, 4.69) is 15.6 Å². The number of guanidine groups is 1. The molecule has 1 aliphatic heterocycles. The molecular weight excluding hydrogens is 298 g/mol. The molecule has 8 N–H and O–H groups in total. The molecule has 0 saturated carbocycles. The molecule has 23 heavy (non-hydrogen) atoms.